The highest BCUT2D eigenvalue weighted by Gasteiger charge is 2.04. The lowest BCUT2D eigenvalue weighted by Crippen LogP contribution is -1.99. The first-order valence-corrected chi connectivity index (χ1v) is 7.41. The molecule has 2 nitrogen and oxygen atoms in total. The third-order valence-electron chi connectivity index (χ3n) is 2.67. The molecule has 0 aliphatic carbocycles. The summed E-state index contributed by atoms with van der Waals surface area (Å²) in [7, 11) is 0. The first-order valence-electron chi connectivity index (χ1n) is 6.15. The van der Waals surface area contributed by atoms with Gasteiger partial charge in [0.15, 0.2) is 0 Å². The average molecular weight is 300 g/mol. The molecule has 2 aromatic rings. The molecule has 1 heterocycles. The predicted molar refractivity (Wildman–Crippen MR) is 77.1 cm³/mol. The summed E-state index contributed by atoms with van der Waals surface area (Å²) in [5.74, 6) is 0.544. The van der Waals surface area contributed by atoms with Crippen LogP contribution in [0.15, 0.2) is 29.8 Å². The van der Waals surface area contributed by atoms with E-state index in [0.717, 1.165) is 29.8 Å². The molecule has 1 aromatic heterocycles. The molecule has 0 aliphatic heterocycles. The molecule has 0 amide bonds. The normalized spacial score (nSPS) is 10.6. The molecule has 2 rings (SSSR count). The van der Waals surface area contributed by atoms with Crippen LogP contribution in [-0.2, 0) is 12.8 Å². The van der Waals surface area contributed by atoms with Crippen molar-refractivity contribution in [2.75, 3.05) is 13.3 Å². The Labute approximate surface area is 121 Å². The van der Waals surface area contributed by atoms with E-state index >= 15 is 0 Å². The minimum absolute atomic E-state index is 0.0448. The first kappa shape index (κ1) is 14.3. The number of halogens is 2. The van der Waals surface area contributed by atoms with E-state index in [9.17, 15) is 4.39 Å². The van der Waals surface area contributed by atoms with E-state index in [2.05, 4.69) is 4.98 Å². The van der Waals surface area contributed by atoms with Gasteiger partial charge in [-0.15, -0.1) is 11.3 Å². The van der Waals surface area contributed by atoms with Gasteiger partial charge in [0.1, 0.15) is 19.0 Å². The highest BCUT2D eigenvalue weighted by molar-refractivity contribution is 7.09. The number of hydrogen-bond donors (Lipinski definition) is 0. The second-order valence-corrected chi connectivity index (χ2v) is 5.47. The largest absolute Gasteiger partial charge is 0.489 e. The molecule has 0 unspecified atom stereocenters. The van der Waals surface area contributed by atoms with E-state index in [1.54, 1.807) is 17.4 Å². The number of benzene rings is 1. The molecule has 0 atom stereocenters. The van der Waals surface area contributed by atoms with Crippen molar-refractivity contribution in [3.63, 3.8) is 0 Å². The Kier molecular flexibility index (Phi) is 5.61. The molecular weight excluding hydrogens is 285 g/mol. The number of nitrogens with zero attached hydrogens (tertiary/aromatic N) is 1. The first-order chi connectivity index (χ1) is 9.29. The smallest absolute Gasteiger partial charge is 0.138 e. The van der Waals surface area contributed by atoms with Crippen LogP contribution in [0.2, 0.25) is 5.02 Å². The summed E-state index contributed by atoms with van der Waals surface area (Å²) >= 11 is 7.77. The maximum Gasteiger partial charge on any atom is 0.138 e. The fourth-order valence-corrected chi connectivity index (χ4v) is 2.71. The lowest BCUT2D eigenvalue weighted by atomic mass is 10.1. The fraction of sp³-hybridized carbons (Fsp3) is 0.357. The number of alkyl halides is 1. The molecule has 0 N–H and O–H groups in total. The second kappa shape index (κ2) is 7.46. The summed E-state index contributed by atoms with van der Waals surface area (Å²) in [5.41, 5.74) is 1.16. The quantitative estimate of drug-likeness (QED) is 0.759. The van der Waals surface area contributed by atoms with Crippen molar-refractivity contribution in [1.82, 2.24) is 4.98 Å². The molecule has 0 aliphatic rings. The highest BCUT2D eigenvalue weighted by Crippen LogP contribution is 2.26. The van der Waals surface area contributed by atoms with Gasteiger partial charge in [0.2, 0.25) is 0 Å². The van der Waals surface area contributed by atoms with Gasteiger partial charge in [-0.2, -0.15) is 0 Å². The summed E-state index contributed by atoms with van der Waals surface area (Å²) in [6, 6.07) is 5.66. The predicted octanol–water partition coefficient (Wildman–Crippen LogP) is 4.32. The van der Waals surface area contributed by atoms with E-state index in [1.807, 2.05) is 23.7 Å². The molecule has 102 valence electrons. The van der Waals surface area contributed by atoms with E-state index in [0.29, 0.717) is 10.8 Å². The zero-order chi connectivity index (χ0) is 13.5. The molecule has 1 aromatic carbocycles. The van der Waals surface area contributed by atoms with Crippen LogP contribution >= 0.6 is 22.9 Å². The van der Waals surface area contributed by atoms with E-state index in [-0.39, 0.29) is 6.61 Å². The van der Waals surface area contributed by atoms with Gasteiger partial charge < -0.3 is 4.74 Å². The maximum absolute atomic E-state index is 12.0. The standard InChI is InChI=1S/C14H15ClFNOS/c15-12-10-11(4-5-13(12)18-8-6-16)2-1-3-14-17-7-9-19-14/h4-5,7,9-10H,1-3,6,8H2. The SMILES string of the molecule is FCCOc1ccc(CCCc2nccs2)cc1Cl. The van der Waals surface area contributed by atoms with Crippen LogP contribution in [-0.4, -0.2) is 18.3 Å². The summed E-state index contributed by atoms with van der Waals surface area (Å²) in [6.45, 7) is -0.463. The Morgan fingerprint density at radius 1 is 1.32 bits per heavy atom. The van der Waals surface area contributed by atoms with Crippen LogP contribution in [0, 0.1) is 0 Å². The summed E-state index contributed by atoms with van der Waals surface area (Å²) < 4.78 is 17.2. The Morgan fingerprint density at radius 2 is 2.21 bits per heavy atom. The van der Waals surface area contributed by atoms with Gasteiger partial charge in [0.05, 0.1) is 10.0 Å². The Balaban J connectivity index is 1.85. The Bertz CT molecular complexity index is 504. The van der Waals surface area contributed by atoms with Gasteiger partial charge >= 0.3 is 0 Å². The fourth-order valence-electron chi connectivity index (χ4n) is 1.79. The highest BCUT2D eigenvalue weighted by atomic mass is 35.5. The van der Waals surface area contributed by atoms with Gasteiger partial charge in [-0.25, -0.2) is 9.37 Å². The number of hydrogen-bond acceptors (Lipinski definition) is 3. The second-order valence-electron chi connectivity index (χ2n) is 4.08. The van der Waals surface area contributed by atoms with E-state index < -0.39 is 6.67 Å². The summed E-state index contributed by atoms with van der Waals surface area (Å²) in [5, 5.41) is 3.69. The van der Waals surface area contributed by atoms with Gasteiger partial charge in [-0.3, -0.25) is 0 Å². The molecule has 0 fully saturated rings. The average Bonchev–Trinajstić information content (AvgIpc) is 2.91. The number of ether oxygens (including phenoxy) is 1. The minimum Gasteiger partial charge on any atom is -0.489 e. The molecule has 0 bridgehead atoms. The van der Waals surface area contributed by atoms with Crippen LogP contribution in [0.5, 0.6) is 5.75 Å². The lowest BCUT2D eigenvalue weighted by Gasteiger charge is -2.08. The monoisotopic (exact) mass is 299 g/mol. The molecule has 0 saturated heterocycles. The van der Waals surface area contributed by atoms with Crippen LogP contribution in [0.4, 0.5) is 4.39 Å². The third kappa shape index (κ3) is 4.48. The van der Waals surface area contributed by atoms with Crippen molar-refractivity contribution >= 4 is 22.9 Å². The van der Waals surface area contributed by atoms with Gasteiger partial charge in [0, 0.05) is 11.6 Å². The van der Waals surface area contributed by atoms with Gasteiger partial charge in [-0.05, 0) is 37.0 Å². The number of rotatable bonds is 7. The molecule has 0 saturated carbocycles. The van der Waals surface area contributed by atoms with Crippen molar-refractivity contribution in [3.8, 4) is 5.75 Å². The van der Waals surface area contributed by atoms with Crippen molar-refractivity contribution in [2.24, 2.45) is 0 Å². The van der Waals surface area contributed by atoms with Crippen molar-refractivity contribution < 1.29 is 9.13 Å². The summed E-state index contributed by atoms with van der Waals surface area (Å²) in [6.07, 6.45) is 4.79. The zero-order valence-corrected chi connectivity index (χ0v) is 12.0. The number of aromatic nitrogens is 1. The van der Waals surface area contributed by atoms with E-state index in [1.165, 1.54) is 0 Å². The van der Waals surface area contributed by atoms with Crippen molar-refractivity contribution in [2.45, 2.75) is 19.3 Å². The van der Waals surface area contributed by atoms with E-state index in [4.69, 9.17) is 16.3 Å². The molecule has 0 spiro atoms. The topological polar surface area (TPSA) is 22.1 Å². The zero-order valence-electron chi connectivity index (χ0n) is 10.4. The Morgan fingerprint density at radius 3 is 2.89 bits per heavy atom. The van der Waals surface area contributed by atoms with Crippen LogP contribution in [0.25, 0.3) is 0 Å². The van der Waals surface area contributed by atoms with Crippen molar-refractivity contribution in [1.29, 1.82) is 0 Å². The van der Waals surface area contributed by atoms with Gasteiger partial charge in [-0.1, -0.05) is 17.7 Å². The van der Waals surface area contributed by atoms with Crippen LogP contribution in [0.1, 0.15) is 17.0 Å². The van der Waals surface area contributed by atoms with Crippen LogP contribution in [0.3, 0.4) is 0 Å². The molecular formula is C14H15ClFNOS. The molecule has 19 heavy (non-hydrogen) atoms. The third-order valence-corrected chi connectivity index (χ3v) is 3.81. The van der Waals surface area contributed by atoms with Crippen molar-refractivity contribution in [3.05, 3.63) is 45.4 Å². The van der Waals surface area contributed by atoms with Crippen LogP contribution < -0.4 is 4.74 Å². The molecule has 0 radical (unpaired) electrons. The minimum atomic E-state index is -0.508. The lowest BCUT2D eigenvalue weighted by molar-refractivity contribution is 0.273. The number of thiazole rings is 1. The number of aryl methyl sites for hydroxylation is 2. The van der Waals surface area contributed by atoms with Gasteiger partial charge in [0.25, 0.3) is 0 Å². The molecule has 5 heteroatoms. The maximum atomic E-state index is 12.0. The Hall–Kier alpha value is -1.13. The summed E-state index contributed by atoms with van der Waals surface area (Å²) in [4.78, 5) is 4.25.